The third-order valence-electron chi connectivity index (χ3n) is 8.06. The number of benzene rings is 4. The minimum absolute atomic E-state index is 0.109. The summed E-state index contributed by atoms with van der Waals surface area (Å²) < 4.78 is 0. The summed E-state index contributed by atoms with van der Waals surface area (Å²) in [5, 5.41) is 0. The topological polar surface area (TPSA) is 6.48 Å². The van der Waals surface area contributed by atoms with Crippen LogP contribution >= 0.6 is 0 Å². The van der Waals surface area contributed by atoms with Gasteiger partial charge in [0.1, 0.15) is 0 Å². The summed E-state index contributed by atoms with van der Waals surface area (Å²) in [7, 11) is 0. The summed E-state index contributed by atoms with van der Waals surface area (Å²) in [6, 6.07) is 37.2. The van der Waals surface area contributed by atoms with Crippen LogP contribution in [0.25, 0.3) is 16.7 Å². The van der Waals surface area contributed by atoms with E-state index in [0.717, 1.165) is 36.2 Å². The van der Waals surface area contributed by atoms with E-state index in [4.69, 9.17) is 0 Å². The Balaban J connectivity index is 1.45. The van der Waals surface area contributed by atoms with Crippen LogP contribution in [0.5, 0.6) is 0 Å². The zero-order valence-electron chi connectivity index (χ0n) is 23.7. The summed E-state index contributed by atoms with van der Waals surface area (Å²) in [6.45, 7) is 11.3. The molecule has 2 aliphatic rings. The predicted octanol–water partition coefficient (Wildman–Crippen LogP) is 8.12. The van der Waals surface area contributed by atoms with Gasteiger partial charge >= 0.3 is 6.85 Å². The van der Waals surface area contributed by atoms with Crippen LogP contribution in [-0.4, -0.2) is 13.4 Å². The fourth-order valence-corrected chi connectivity index (χ4v) is 6.27. The monoisotopic (exact) mass is 530 g/mol. The first-order valence-corrected chi connectivity index (χ1v) is 14.4. The molecule has 1 aliphatic carbocycles. The van der Waals surface area contributed by atoms with Gasteiger partial charge in [0.15, 0.2) is 0 Å². The molecule has 0 N–H and O–H groups in total. The maximum Gasteiger partial charge on any atom is 0.328 e. The molecule has 0 saturated carbocycles. The molecule has 4 aromatic carbocycles. The first-order valence-electron chi connectivity index (χ1n) is 14.4. The Morgan fingerprint density at radius 3 is 2.29 bits per heavy atom. The quantitative estimate of drug-likeness (QED) is 0.129. The van der Waals surface area contributed by atoms with Crippen molar-refractivity contribution in [1.82, 2.24) is 0 Å². The van der Waals surface area contributed by atoms with Crippen LogP contribution in [-0.2, 0) is 0 Å². The summed E-state index contributed by atoms with van der Waals surface area (Å²) in [6.07, 6.45) is 12.6. The smallest absolute Gasteiger partial charge is 0.328 e. The van der Waals surface area contributed by atoms with Gasteiger partial charge in [0.25, 0.3) is 0 Å². The number of para-hydroxylation sites is 2. The minimum atomic E-state index is 0.109. The van der Waals surface area contributed by atoms with Gasteiger partial charge in [-0.15, -0.1) is 6.58 Å². The van der Waals surface area contributed by atoms with E-state index in [9.17, 15) is 0 Å². The molecular weight excluding hydrogens is 495 g/mol. The molecular formula is C38H35BN2. The summed E-state index contributed by atoms with van der Waals surface area (Å²) in [5.74, 6) is 0. The van der Waals surface area contributed by atoms with Crippen molar-refractivity contribution in [1.29, 1.82) is 0 Å². The highest BCUT2D eigenvalue weighted by Gasteiger charge is 2.37. The average Bonchev–Trinajstić information content (AvgIpc) is 3.04. The average molecular weight is 531 g/mol. The maximum atomic E-state index is 4.34. The van der Waals surface area contributed by atoms with Crippen molar-refractivity contribution in [2.75, 3.05) is 16.3 Å². The molecule has 6 rings (SSSR count). The normalized spacial score (nSPS) is 14.2. The van der Waals surface area contributed by atoms with E-state index >= 15 is 0 Å². The van der Waals surface area contributed by atoms with E-state index in [2.05, 4.69) is 144 Å². The highest BCUT2D eigenvalue weighted by Crippen LogP contribution is 2.40. The first-order chi connectivity index (χ1) is 20.2. The number of nitrogens with zero attached hydrogens (tertiary/aromatic N) is 2. The van der Waals surface area contributed by atoms with Crippen molar-refractivity contribution in [3.05, 3.63) is 164 Å². The first kappa shape index (κ1) is 26.5. The molecule has 41 heavy (non-hydrogen) atoms. The maximum absolute atomic E-state index is 4.34. The van der Waals surface area contributed by atoms with E-state index in [-0.39, 0.29) is 6.85 Å². The largest absolute Gasteiger partial charge is 0.380 e. The Morgan fingerprint density at radius 1 is 0.829 bits per heavy atom. The number of hydrogen-bond acceptors (Lipinski definition) is 2. The molecule has 0 fully saturated rings. The molecule has 0 spiro atoms. The molecule has 0 aromatic heterocycles. The molecule has 2 nitrogen and oxygen atoms in total. The van der Waals surface area contributed by atoms with Gasteiger partial charge < -0.3 is 9.71 Å². The van der Waals surface area contributed by atoms with Gasteiger partial charge in [-0.05, 0) is 60.6 Å². The van der Waals surface area contributed by atoms with Crippen molar-refractivity contribution in [2.24, 2.45) is 0 Å². The Bertz CT molecular complexity index is 1680. The predicted molar refractivity (Wildman–Crippen MR) is 179 cm³/mol. The number of allylic oxidation sites excluding steroid dienone is 7. The highest BCUT2D eigenvalue weighted by molar-refractivity contribution is 6.90. The van der Waals surface area contributed by atoms with E-state index in [1.165, 1.54) is 39.1 Å². The van der Waals surface area contributed by atoms with Crippen LogP contribution in [0, 0.1) is 0 Å². The van der Waals surface area contributed by atoms with E-state index in [1.807, 2.05) is 19.1 Å². The molecule has 0 saturated heterocycles. The van der Waals surface area contributed by atoms with Crippen LogP contribution < -0.4 is 20.6 Å². The molecule has 1 heterocycles. The van der Waals surface area contributed by atoms with Crippen LogP contribution in [0.2, 0.25) is 0 Å². The van der Waals surface area contributed by atoms with Gasteiger partial charge in [0, 0.05) is 40.4 Å². The van der Waals surface area contributed by atoms with Crippen LogP contribution in [0.15, 0.2) is 158 Å². The molecule has 0 radical (unpaired) electrons. The Labute approximate surface area is 245 Å². The van der Waals surface area contributed by atoms with Gasteiger partial charge in [-0.25, -0.2) is 0 Å². The van der Waals surface area contributed by atoms with Gasteiger partial charge in [-0.1, -0.05) is 121 Å². The lowest BCUT2D eigenvalue weighted by molar-refractivity contribution is 0.828. The summed E-state index contributed by atoms with van der Waals surface area (Å²) >= 11 is 0. The van der Waals surface area contributed by atoms with Crippen molar-refractivity contribution in [2.45, 2.75) is 19.8 Å². The van der Waals surface area contributed by atoms with Crippen molar-refractivity contribution in [3.8, 4) is 11.1 Å². The number of hydrogen-bond donors (Lipinski definition) is 0. The van der Waals surface area contributed by atoms with Gasteiger partial charge in [0.2, 0.25) is 0 Å². The number of fused-ring (bicyclic) bond motifs is 3. The molecule has 200 valence electrons. The fraction of sp³-hybridized carbons (Fsp3) is 0.105. The second-order valence-electron chi connectivity index (χ2n) is 10.5. The molecule has 0 amide bonds. The van der Waals surface area contributed by atoms with Gasteiger partial charge in [-0.3, -0.25) is 0 Å². The Morgan fingerprint density at radius 2 is 1.54 bits per heavy atom. The van der Waals surface area contributed by atoms with Gasteiger partial charge in [-0.2, -0.15) is 0 Å². The molecule has 0 atom stereocenters. The highest BCUT2D eigenvalue weighted by atomic mass is 15.1. The zero-order chi connectivity index (χ0) is 28.2. The van der Waals surface area contributed by atoms with Crippen molar-refractivity contribution in [3.63, 3.8) is 0 Å². The standard InChI is InChI=1S/C38H35BN2/c1-4-15-29(3)33-18-10-13-22-37(33)40(28-5-2)31-24-26-32(27-25-31)41-38-23-14-11-20-35(38)34-19-9-12-21-36(34)39(41)30-16-7-6-8-17-30/h4-24,26H,2-3,25,27-28H2,1H3/b15-4-. The lowest BCUT2D eigenvalue weighted by atomic mass is 9.45. The lowest BCUT2D eigenvalue weighted by Gasteiger charge is -2.41. The van der Waals surface area contributed by atoms with Crippen LogP contribution in [0.4, 0.5) is 11.4 Å². The van der Waals surface area contributed by atoms with Crippen molar-refractivity contribution < 1.29 is 0 Å². The van der Waals surface area contributed by atoms with Gasteiger partial charge in [0.05, 0.1) is 0 Å². The number of anilines is 2. The van der Waals surface area contributed by atoms with Crippen molar-refractivity contribution >= 4 is 34.7 Å². The minimum Gasteiger partial charge on any atom is -0.380 e. The molecule has 1 aliphatic heterocycles. The molecule has 0 bridgehead atoms. The molecule has 0 unspecified atom stereocenters. The third-order valence-corrected chi connectivity index (χ3v) is 8.06. The fourth-order valence-electron chi connectivity index (χ4n) is 6.27. The SMILES string of the molecule is C=CCN(C1=CC=C(N2B(c3ccccc3)c3ccccc3-c3ccccc32)CC1)c1ccccc1C(=C)/C=C\C. The molecule has 3 heteroatoms. The number of rotatable bonds is 8. The summed E-state index contributed by atoms with van der Waals surface area (Å²) in [4.78, 5) is 4.96. The molecule has 4 aromatic rings. The Kier molecular flexibility index (Phi) is 7.60. The second kappa shape index (κ2) is 11.8. The van der Waals surface area contributed by atoms with E-state index in [1.54, 1.807) is 0 Å². The van der Waals surface area contributed by atoms with Crippen LogP contribution in [0.3, 0.4) is 0 Å². The Hall–Kier alpha value is -4.76. The summed E-state index contributed by atoms with van der Waals surface area (Å²) in [5.41, 5.74) is 12.5. The van der Waals surface area contributed by atoms with E-state index < -0.39 is 0 Å². The van der Waals surface area contributed by atoms with Crippen LogP contribution in [0.1, 0.15) is 25.3 Å². The van der Waals surface area contributed by atoms with E-state index in [0.29, 0.717) is 0 Å². The second-order valence-corrected chi connectivity index (χ2v) is 10.5. The third kappa shape index (κ3) is 5.00. The zero-order valence-corrected chi connectivity index (χ0v) is 23.7. The lowest BCUT2D eigenvalue weighted by Crippen LogP contribution is -2.59.